The van der Waals surface area contributed by atoms with Gasteiger partial charge in [-0.05, 0) is 39.0 Å². The normalized spacial score (nSPS) is 18.2. The monoisotopic (exact) mass is 1000 g/mol. The second kappa shape index (κ2) is 43.0. The van der Waals surface area contributed by atoms with Gasteiger partial charge in [0, 0.05) is 25.9 Å². The van der Waals surface area contributed by atoms with Gasteiger partial charge in [0.05, 0.1) is 12.7 Å². The zero-order chi connectivity index (χ0) is 52.5. The van der Waals surface area contributed by atoms with Crippen molar-refractivity contribution in [2.45, 2.75) is 262 Å². The molecule has 1 aliphatic rings. The Kier molecular flexibility index (Phi) is 40.8. The van der Waals surface area contributed by atoms with Crippen LogP contribution in [0.4, 0.5) is 0 Å². The molecule has 410 valence electrons. The second-order valence-corrected chi connectivity index (χ2v) is 19.1. The number of nitrogens with zero attached hydrogens (tertiary/aromatic N) is 1. The number of aliphatic hydroxyl groups excluding tert-OH is 3. The number of carboxylic acids is 2. The van der Waals surface area contributed by atoms with Crippen molar-refractivity contribution in [3.05, 3.63) is 0 Å². The van der Waals surface area contributed by atoms with Crippen LogP contribution in [0, 0.1) is 5.92 Å². The lowest BCUT2D eigenvalue weighted by Crippen LogP contribution is -2.56. The van der Waals surface area contributed by atoms with Crippen molar-refractivity contribution < 1.29 is 59.0 Å². The molecular formula is C51H99N7O12. The number of aliphatic hydroxyl groups is 3. The first-order chi connectivity index (χ1) is 33.5. The number of amides is 3. The van der Waals surface area contributed by atoms with Gasteiger partial charge < -0.3 is 68.2 Å². The van der Waals surface area contributed by atoms with Crippen molar-refractivity contribution in [1.82, 2.24) is 16.0 Å². The molecule has 0 aromatic rings. The Morgan fingerprint density at radius 3 is 1.44 bits per heavy atom. The minimum absolute atomic E-state index is 0.0129. The highest BCUT2D eigenvalue weighted by Crippen LogP contribution is 2.25. The summed E-state index contributed by atoms with van der Waals surface area (Å²) >= 11 is 0. The predicted octanol–water partition coefficient (Wildman–Crippen LogP) is 5.66. The summed E-state index contributed by atoms with van der Waals surface area (Å²) in [5, 5.41) is 56.4. The number of rotatable bonds is 43. The molecule has 0 saturated carbocycles. The number of unbranched alkanes of at least 4 members (excludes halogenated alkanes) is 22. The number of likely N-dealkylation sites (N-methyl/N-ethyl adjacent to an activating group) is 1. The predicted molar refractivity (Wildman–Crippen MR) is 274 cm³/mol. The molecule has 19 heteroatoms. The summed E-state index contributed by atoms with van der Waals surface area (Å²) in [5.41, 5.74) is 15.3. The largest absolute Gasteiger partial charge is 0.481 e. The first-order valence-electron chi connectivity index (χ1n) is 26.9. The van der Waals surface area contributed by atoms with E-state index in [2.05, 4.69) is 34.8 Å². The first-order valence-corrected chi connectivity index (χ1v) is 26.9. The lowest BCUT2D eigenvalue weighted by Gasteiger charge is -2.26. The molecule has 0 aromatic heterocycles. The van der Waals surface area contributed by atoms with Crippen molar-refractivity contribution in [3.63, 3.8) is 0 Å². The molecule has 0 spiro atoms. The van der Waals surface area contributed by atoms with Crippen LogP contribution in [0.3, 0.4) is 0 Å². The summed E-state index contributed by atoms with van der Waals surface area (Å²) in [7, 11) is 1.38. The standard InChI is InChI=1S/C45H85N3O10.C6H14N4O2/c1-5-7-9-11-13-15-17-19-21-23-25-27-29-35(30-28-26-24-22-20-18-16-14-12-10-8-6-2)42(54)48-37(33-57-45-40(53)39(52)41(58-45)34(3)49)44(56)47-36(43(55)46-4)31-32-38(50)51;7-4(5(11)12)2-1-3-10-6(8)9/h34-37,39-41,45,49,52-53H,5-33H2,1-4H3,(H,46,55)(H,47,56)(H,48,54)(H,50,51);4H,1-3,7H2,(H,11,12)(H4,8,9,10)/t34-,36-,37+,39-,40-,41+,45+;4-/m00/s1. The molecule has 19 nitrogen and oxygen atoms in total. The summed E-state index contributed by atoms with van der Waals surface area (Å²) < 4.78 is 11.3. The number of hydrogen-bond donors (Lipinski definition) is 11. The molecule has 70 heavy (non-hydrogen) atoms. The topological polar surface area (TPSA) is 331 Å². The van der Waals surface area contributed by atoms with Crippen LogP contribution in [0.2, 0.25) is 0 Å². The molecule has 1 saturated heterocycles. The van der Waals surface area contributed by atoms with Crippen LogP contribution < -0.4 is 33.2 Å². The fourth-order valence-electron chi connectivity index (χ4n) is 8.37. The average Bonchev–Trinajstić information content (AvgIpc) is 3.61. The number of hydrogen-bond acceptors (Lipinski definition) is 12. The fraction of sp³-hybridized carbons (Fsp3) is 0.882. The third-order valence-electron chi connectivity index (χ3n) is 12.8. The molecule has 1 heterocycles. The third kappa shape index (κ3) is 33.9. The van der Waals surface area contributed by atoms with Gasteiger partial charge in [-0.15, -0.1) is 0 Å². The maximum atomic E-state index is 14.0. The highest BCUT2D eigenvalue weighted by molar-refractivity contribution is 5.92. The van der Waals surface area contributed by atoms with Crippen LogP contribution in [-0.4, -0.2) is 130 Å². The van der Waals surface area contributed by atoms with Crippen molar-refractivity contribution in [3.8, 4) is 0 Å². The van der Waals surface area contributed by atoms with E-state index in [1.165, 1.54) is 130 Å². The number of carbonyl (C=O) groups excluding carboxylic acids is 3. The molecule has 1 aliphatic heterocycles. The van der Waals surface area contributed by atoms with E-state index >= 15 is 0 Å². The van der Waals surface area contributed by atoms with Crippen LogP contribution in [0.1, 0.15) is 213 Å². The van der Waals surface area contributed by atoms with Crippen molar-refractivity contribution >= 4 is 35.6 Å². The van der Waals surface area contributed by atoms with Crippen LogP contribution in [0.15, 0.2) is 4.99 Å². The number of ether oxygens (including phenoxy) is 2. The number of aliphatic carboxylic acids is 2. The molecule has 8 atom stereocenters. The zero-order valence-electron chi connectivity index (χ0n) is 43.6. The van der Waals surface area contributed by atoms with Gasteiger partial charge in [0.25, 0.3) is 0 Å². The Balaban J connectivity index is 0.00000347. The fourth-order valence-corrected chi connectivity index (χ4v) is 8.37. The van der Waals surface area contributed by atoms with E-state index in [1.54, 1.807) is 0 Å². The van der Waals surface area contributed by atoms with Gasteiger partial charge in [0.15, 0.2) is 12.2 Å². The van der Waals surface area contributed by atoms with Gasteiger partial charge >= 0.3 is 11.9 Å². The van der Waals surface area contributed by atoms with E-state index in [1.807, 2.05) is 0 Å². The van der Waals surface area contributed by atoms with E-state index in [-0.39, 0.29) is 30.6 Å². The zero-order valence-corrected chi connectivity index (χ0v) is 43.6. The molecule has 0 aromatic carbocycles. The number of nitrogens with one attached hydrogen (secondary N) is 3. The summed E-state index contributed by atoms with van der Waals surface area (Å²) in [5.74, 6) is -4.13. The molecule has 1 rings (SSSR count). The number of carboxylic acid groups (broad SMARTS) is 2. The van der Waals surface area contributed by atoms with E-state index < -0.39 is 79.2 Å². The van der Waals surface area contributed by atoms with E-state index in [4.69, 9.17) is 31.8 Å². The number of nitrogens with two attached hydrogens (primary N) is 3. The maximum absolute atomic E-state index is 14.0. The molecule has 0 aliphatic carbocycles. The van der Waals surface area contributed by atoms with Gasteiger partial charge in [0.1, 0.15) is 36.4 Å². The van der Waals surface area contributed by atoms with Crippen LogP contribution in [0.5, 0.6) is 0 Å². The molecule has 14 N–H and O–H groups in total. The van der Waals surface area contributed by atoms with Crippen LogP contribution >= 0.6 is 0 Å². The summed E-state index contributed by atoms with van der Waals surface area (Å²) in [6, 6.07) is -3.32. The van der Waals surface area contributed by atoms with Gasteiger partial charge in [-0.25, -0.2) is 0 Å². The smallest absolute Gasteiger partial charge is 0.320 e. The quantitative estimate of drug-likeness (QED) is 0.0199. The van der Waals surface area contributed by atoms with Crippen molar-refractivity contribution in [1.29, 1.82) is 0 Å². The lowest BCUT2D eigenvalue weighted by atomic mass is 9.93. The first kappa shape index (κ1) is 66.4. The van der Waals surface area contributed by atoms with Gasteiger partial charge in [-0.1, -0.05) is 168 Å². The van der Waals surface area contributed by atoms with E-state index in [0.717, 1.165) is 38.5 Å². The Labute approximate surface area is 420 Å². The minimum atomic E-state index is -1.52. The van der Waals surface area contributed by atoms with Gasteiger partial charge in [-0.3, -0.25) is 29.0 Å². The van der Waals surface area contributed by atoms with Crippen LogP contribution in [0.25, 0.3) is 0 Å². The van der Waals surface area contributed by atoms with Gasteiger partial charge in [0.2, 0.25) is 17.7 Å². The molecule has 0 bridgehead atoms. The van der Waals surface area contributed by atoms with Crippen LogP contribution in [-0.2, 0) is 33.4 Å². The Bertz CT molecular complexity index is 1380. The van der Waals surface area contributed by atoms with Crippen molar-refractivity contribution in [2.75, 3.05) is 20.2 Å². The molecule has 1 fully saturated rings. The minimum Gasteiger partial charge on any atom is -0.481 e. The highest BCUT2D eigenvalue weighted by Gasteiger charge is 2.46. The maximum Gasteiger partial charge on any atom is 0.320 e. The summed E-state index contributed by atoms with van der Waals surface area (Å²) in [6.07, 6.45) is 24.3. The molecular weight excluding hydrogens is 903 g/mol. The van der Waals surface area contributed by atoms with Gasteiger partial charge in [-0.2, -0.15) is 0 Å². The Morgan fingerprint density at radius 2 is 1.06 bits per heavy atom. The molecule has 0 unspecified atom stereocenters. The number of carbonyl (C=O) groups is 5. The lowest BCUT2D eigenvalue weighted by molar-refractivity contribution is -0.181. The van der Waals surface area contributed by atoms with E-state index in [9.17, 15) is 44.4 Å². The average molecular weight is 1000 g/mol. The highest BCUT2D eigenvalue weighted by atomic mass is 16.7. The SMILES string of the molecule is CCCCCCCCCCCCCCC(CCCCCCCCCCCCCC)C(=O)N[C@H](CO[C@@H]1O[C@H]([C@H](C)O)[C@@H](O)[C@@H]1O)C(=O)N[C@@H](CCC(=O)O)C(=O)NC.NC(N)=NCCC[C@H](N)C(=O)O. The Morgan fingerprint density at radius 1 is 0.614 bits per heavy atom. The number of aliphatic imine (C=N–C) groups is 1. The summed E-state index contributed by atoms with van der Waals surface area (Å²) in [4.78, 5) is 65.5. The third-order valence-corrected chi connectivity index (χ3v) is 12.8. The molecule has 3 amide bonds. The summed E-state index contributed by atoms with van der Waals surface area (Å²) in [6.45, 7) is 5.83. The van der Waals surface area contributed by atoms with E-state index in [0.29, 0.717) is 32.2 Å². The second-order valence-electron chi connectivity index (χ2n) is 19.1. The Hall–Kier alpha value is -3.62. The number of guanidine groups is 1. The molecule has 0 radical (unpaired) electrons. The van der Waals surface area contributed by atoms with Crippen molar-refractivity contribution in [2.24, 2.45) is 28.1 Å².